The number of aromatic nitrogens is 2. The minimum absolute atomic E-state index is 0.0337. The molecule has 2 aromatic heterocycles. The molecule has 0 fully saturated rings. The van der Waals surface area contributed by atoms with Crippen LogP contribution in [-0.2, 0) is 0 Å². The van der Waals surface area contributed by atoms with Gasteiger partial charge < -0.3 is 5.11 Å². The summed E-state index contributed by atoms with van der Waals surface area (Å²) in [6, 6.07) is 7.88. The predicted molar refractivity (Wildman–Crippen MR) is 66.3 cm³/mol. The van der Waals surface area contributed by atoms with Crippen LogP contribution < -0.4 is 0 Å². The molecule has 0 aliphatic carbocycles. The molecule has 2 N–H and O–H groups in total. The fraction of sp³-hybridized carbons (Fsp3) is 0. The van der Waals surface area contributed by atoms with Gasteiger partial charge >= 0.3 is 5.97 Å². The van der Waals surface area contributed by atoms with Crippen molar-refractivity contribution >= 4 is 27.4 Å². The van der Waals surface area contributed by atoms with E-state index in [0.717, 1.165) is 15.0 Å². The molecular weight excluding hydrogens is 255 g/mol. The van der Waals surface area contributed by atoms with Gasteiger partial charge in [0.25, 0.3) is 0 Å². The number of hydrogen-bond acceptors (Lipinski definition) is 3. The maximum Gasteiger partial charge on any atom is 0.356 e. The summed E-state index contributed by atoms with van der Waals surface area (Å²) in [7, 11) is 0. The van der Waals surface area contributed by atoms with Crippen LogP contribution >= 0.6 is 11.3 Å². The number of hydrogen-bond donors (Lipinski definition) is 2. The molecule has 4 nitrogen and oxygen atoms in total. The van der Waals surface area contributed by atoms with Gasteiger partial charge in [-0.05, 0) is 29.7 Å². The van der Waals surface area contributed by atoms with Gasteiger partial charge in [-0.15, -0.1) is 11.3 Å². The van der Waals surface area contributed by atoms with Crippen molar-refractivity contribution in [2.45, 2.75) is 0 Å². The summed E-state index contributed by atoms with van der Waals surface area (Å²) in [6.07, 6.45) is 0. The largest absolute Gasteiger partial charge is 0.476 e. The number of benzene rings is 1. The molecule has 2 heterocycles. The number of rotatable bonds is 2. The van der Waals surface area contributed by atoms with E-state index in [4.69, 9.17) is 5.11 Å². The molecular formula is C12H7FN2O2S. The van der Waals surface area contributed by atoms with Gasteiger partial charge in [0.2, 0.25) is 0 Å². The van der Waals surface area contributed by atoms with E-state index in [2.05, 4.69) is 10.2 Å². The molecule has 18 heavy (non-hydrogen) atoms. The van der Waals surface area contributed by atoms with Gasteiger partial charge in [0.15, 0.2) is 5.69 Å². The van der Waals surface area contributed by atoms with Crippen LogP contribution in [0.5, 0.6) is 0 Å². The maximum atomic E-state index is 13.1. The number of carboxylic acids is 1. The van der Waals surface area contributed by atoms with Gasteiger partial charge in [-0.3, -0.25) is 5.10 Å². The lowest BCUT2D eigenvalue weighted by Gasteiger charge is -1.87. The van der Waals surface area contributed by atoms with Gasteiger partial charge in [-0.25, -0.2) is 9.18 Å². The quantitative estimate of drug-likeness (QED) is 0.745. The first-order chi connectivity index (χ1) is 8.63. The van der Waals surface area contributed by atoms with Gasteiger partial charge in [-0.2, -0.15) is 5.10 Å². The third kappa shape index (κ3) is 1.76. The summed E-state index contributed by atoms with van der Waals surface area (Å²) >= 11 is 1.39. The SMILES string of the molecule is O=C(O)c1cc(-c2cc3ccc(F)cc3s2)[nH]n1. The summed E-state index contributed by atoms with van der Waals surface area (Å²) in [5.74, 6) is -1.36. The molecule has 0 bridgehead atoms. The summed E-state index contributed by atoms with van der Waals surface area (Å²) in [5.41, 5.74) is 0.586. The molecule has 0 amide bonds. The number of halogens is 1. The molecule has 1 aromatic carbocycles. The molecule has 0 unspecified atom stereocenters. The molecule has 0 atom stereocenters. The second kappa shape index (κ2) is 3.92. The normalized spacial score (nSPS) is 10.9. The van der Waals surface area contributed by atoms with E-state index in [-0.39, 0.29) is 11.5 Å². The predicted octanol–water partition coefficient (Wildman–Crippen LogP) is 3.13. The van der Waals surface area contributed by atoms with E-state index in [1.807, 2.05) is 6.07 Å². The minimum Gasteiger partial charge on any atom is -0.476 e. The number of fused-ring (bicyclic) bond motifs is 1. The van der Waals surface area contributed by atoms with Crippen molar-refractivity contribution in [2.75, 3.05) is 0 Å². The van der Waals surface area contributed by atoms with E-state index in [1.165, 1.54) is 29.5 Å². The third-order valence-corrected chi connectivity index (χ3v) is 3.68. The number of carbonyl (C=O) groups is 1. The first-order valence-corrected chi connectivity index (χ1v) is 5.93. The van der Waals surface area contributed by atoms with Crippen molar-refractivity contribution < 1.29 is 14.3 Å². The summed E-state index contributed by atoms with van der Waals surface area (Å²) in [4.78, 5) is 11.6. The van der Waals surface area contributed by atoms with Crippen LogP contribution in [0.4, 0.5) is 4.39 Å². The Bertz CT molecular complexity index is 747. The first kappa shape index (κ1) is 10.9. The molecule has 90 valence electrons. The Labute approximate surface area is 105 Å². The van der Waals surface area contributed by atoms with Crippen LogP contribution in [0.2, 0.25) is 0 Å². The monoisotopic (exact) mass is 262 g/mol. The maximum absolute atomic E-state index is 13.1. The number of H-pyrrole nitrogens is 1. The molecule has 0 saturated carbocycles. The Morgan fingerprint density at radius 1 is 1.33 bits per heavy atom. The Hall–Kier alpha value is -2.21. The standard InChI is InChI=1S/C12H7FN2O2S/c13-7-2-1-6-3-11(18-10(6)4-7)8-5-9(12(16)17)15-14-8/h1-5H,(H,14,15)(H,16,17). The number of aromatic amines is 1. The highest BCUT2D eigenvalue weighted by Gasteiger charge is 2.11. The average Bonchev–Trinajstić information content (AvgIpc) is 2.93. The van der Waals surface area contributed by atoms with Gasteiger partial charge in [0.1, 0.15) is 5.82 Å². The Kier molecular flexibility index (Phi) is 2.38. The van der Waals surface area contributed by atoms with Crippen LogP contribution in [0.1, 0.15) is 10.5 Å². The number of nitrogens with zero attached hydrogens (tertiary/aromatic N) is 1. The zero-order valence-corrected chi connectivity index (χ0v) is 9.79. The van der Waals surface area contributed by atoms with Gasteiger partial charge in [0.05, 0.1) is 10.6 Å². The van der Waals surface area contributed by atoms with E-state index in [9.17, 15) is 9.18 Å². The van der Waals surface area contributed by atoms with Crippen LogP contribution in [0.15, 0.2) is 30.3 Å². The highest BCUT2D eigenvalue weighted by Crippen LogP contribution is 2.33. The molecule has 0 saturated heterocycles. The fourth-order valence-electron chi connectivity index (χ4n) is 1.70. The van der Waals surface area contributed by atoms with E-state index >= 15 is 0 Å². The lowest BCUT2D eigenvalue weighted by Crippen LogP contribution is -1.95. The lowest BCUT2D eigenvalue weighted by molar-refractivity contribution is 0.0690. The second-order valence-electron chi connectivity index (χ2n) is 3.76. The Morgan fingerprint density at radius 2 is 2.17 bits per heavy atom. The number of carboxylic acid groups (broad SMARTS) is 1. The van der Waals surface area contributed by atoms with Crippen molar-refractivity contribution in [1.82, 2.24) is 10.2 Å². The molecule has 3 aromatic rings. The van der Waals surface area contributed by atoms with E-state index in [1.54, 1.807) is 6.07 Å². The van der Waals surface area contributed by atoms with Crippen LogP contribution in [0.25, 0.3) is 20.7 Å². The number of thiophene rings is 1. The summed E-state index contributed by atoms with van der Waals surface area (Å²) in [5, 5.41) is 16.1. The van der Waals surface area contributed by atoms with Crippen LogP contribution in [-0.4, -0.2) is 21.3 Å². The zero-order valence-electron chi connectivity index (χ0n) is 8.98. The zero-order chi connectivity index (χ0) is 12.7. The first-order valence-electron chi connectivity index (χ1n) is 5.11. The summed E-state index contributed by atoms with van der Waals surface area (Å²) < 4.78 is 13.9. The molecule has 3 rings (SSSR count). The minimum atomic E-state index is -1.08. The van der Waals surface area contributed by atoms with Gasteiger partial charge in [0, 0.05) is 4.70 Å². The Morgan fingerprint density at radius 3 is 2.89 bits per heavy atom. The number of aromatic carboxylic acids is 1. The molecule has 0 aliphatic heterocycles. The van der Waals surface area contributed by atoms with E-state index in [0.29, 0.717) is 5.69 Å². The van der Waals surface area contributed by atoms with Crippen molar-refractivity contribution in [2.24, 2.45) is 0 Å². The second-order valence-corrected chi connectivity index (χ2v) is 4.85. The number of nitrogens with one attached hydrogen (secondary N) is 1. The van der Waals surface area contributed by atoms with Crippen molar-refractivity contribution in [1.29, 1.82) is 0 Å². The molecule has 0 aliphatic rings. The van der Waals surface area contributed by atoms with E-state index < -0.39 is 5.97 Å². The topological polar surface area (TPSA) is 66.0 Å². The third-order valence-electron chi connectivity index (χ3n) is 2.54. The average molecular weight is 262 g/mol. The molecule has 0 radical (unpaired) electrons. The lowest BCUT2D eigenvalue weighted by atomic mass is 10.2. The molecule has 6 heteroatoms. The van der Waals surface area contributed by atoms with Crippen molar-refractivity contribution in [3.8, 4) is 10.6 Å². The fourth-order valence-corrected chi connectivity index (χ4v) is 2.75. The van der Waals surface area contributed by atoms with Crippen molar-refractivity contribution in [3.63, 3.8) is 0 Å². The highest BCUT2D eigenvalue weighted by atomic mass is 32.1. The highest BCUT2D eigenvalue weighted by molar-refractivity contribution is 7.22. The van der Waals surface area contributed by atoms with Gasteiger partial charge in [-0.1, -0.05) is 6.07 Å². The van der Waals surface area contributed by atoms with Crippen LogP contribution in [0.3, 0.4) is 0 Å². The Balaban J connectivity index is 2.10. The van der Waals surface area contributed by atoms with Crippen molar-refractivity contribution in [3.05, 3.63) is 41.8 Å². The molecule has 0 spiro atoms. The smallest absolute Gasteiger partial charge is 0.356 e. The van der Waals surface area contributed by atoms with Crippen LogP contribution in [0, 0.1) is 5.82 Å². The summed E-state index contributed by atoms with van der Waals surface area (Å²) in [6.45, 7) is 0.